The summed E-state index contributed by atoms with van der Waals surface area (Å²) in [4.78, 5) is 27.5. The maximum atomic E-state index is 14.0. The van der Waals surface area contributed by atoms with Gasteiger partial charge in [-0.1, -0.05) is 0 Å². The number of pyridine rings is 3. The third-order valence-corrected chi connectivity index (χ3v) is 4.40. The van der Waals surface area contributed by atoms with E-state index >= 15 is 0 Å². The molecule has 0 atom stereocenters. The van der Waals surface area contributed by atoms with E-state index in [9.17, 15) is 13.6 Å². The topological polar surface area (TPSA) is 90.0 Å². The molecule has 1 N–H and O–H groups in total. The summed E-state index contributed by atoms with van der Waals surface area (Å²) in [6.45, 7) is 0. The van der Waals surface area contributed by atoms with Crippen molar-refractivity contribution in [2.24, 2.45) is 0 Å². The number of ketones is 1. The number of fused-ring (bicyclic) bond motifs is 1. The van der Waals surface area contributed by atoms with Crippen LogP contribution in [-0.2, 0) is 0 Å². The molecule has 4 aromatic rings. The molecule has 9 heteroatoms. The molecule has 0 amide bonds. The highest BCUT2D eigenvalue weighted by atomic mass is 19.1. The summed E-state index contributed by atoms with van der Waals surface area (Å²) in [6, 6.07) is 6.00. The van der Waals surface area contributed by atoms with Crippen molar-refractivity contribution in [3.63, 3.8) is 0 Å². The molecular weight excluding hydrogens is 382 g/mol. The minimum atomic E-state index is -1.17. The van der Waals surface area contributed by atoms with Crippen LogP contribution in [0.1, 0.15) is 15.9 Å². The van der Waals surface area contributed by atoms with Crippen LogP contribution >= 0.6 is 0 Å². The van der Waals surface area contributed by atoms with Crippen molar-refractivity contribution in [3.05, 3.63) is 65.7 Å². The van der Waals surface area contributed by atoms with Gasteiger partial charge in [0.05, 0.1) is 14.2 Å². The van der Waals surface area contributed by atoms with E-state index in [1.54, 1.807) is 24.4 Å². The molecule has 0 fully saturated rings. The predicted molar refractivity (Wildman–Crippen MR) is 100 cm³/mol. The number of halogens is 2. The fourth-order valence-electron chi connectivity index (χ4n) is 3.00. The minimum absolute atomic E-state index is 0.0700. The lowest BCUT2D eigenvalue weighted by Crippen LogP contribution is -2.08. The zero-order chi connectivity index (χ0) is 20.5. The van der Waals surface area contributed by atoms with Gasteiger partial charge in [0.2, 0.25) is 23.5 Å². The highest BCUT2D eigenvalue weighted by molar-refractivity contribution is 6.16. The maximum absolute atomic E-state index is 14.0. The van der Waals surface area contributed by atoms with Crippen LogP contribution in [0, 0.1) is 11.8 Å². The number of carbonyl (C=O) groups is 1. The Morgan fingerprint density at radius 1 is 1.10 bits per heavy atom. The molecule has 29 heavy (non-hydrogen) atoms. The number of hydrogen-bond acceptors (Lipinski definition) is 6. The molecule has 0 radical (unpaired) electrons. The molecule has 0 unspecified atom stereocenters. The van der Waals surface area contributed by atoms with Crippen molar-refractivity contribution in [1.29, 1.82) is 0 Å². The molecule has 4 rings (SSSR count). The minimum Gasteiger partial charge on any atom is -0.481 e. The fourth-order valence-corrected chi connectivity index (χ4v) is 3.00. The van der Waals surface area contributed by atoms with Crippen molar-refractivity contribution in [1.82, 2.24) is 19.9 Å². The standard InChI is InChI=1S/C20H14F2N4O3/c1-28-15-4-3-11(20(26-15)29-2)10-7-12-13(9-25-19(12)24-8-10)17(27)16-14(21)5-6-23-18(16)22/h3-9H,1-2H3,(H,24,25). The van der Waals surface area contributed by atoms with Crippen LogP contribution in [0.5, 0.6) is 11.8 Å². The van der Waals surface area contributed by atoms with Gasteiger partial charge in [0.1, 0.15) is 17.0 Å². The van der Waals surface area contributed by atoms with Crippen molar-refractivity contribution in [2.45, 2.75) is 0 Å². The molecule has 146 valence electrons. The zero-order valence-corrected chi connectivity index (χ0v) is 15.4. The number of ether oxygens (including phenoxy) is 2. The molecule has 0 aliphatic rings. The van der Waals surface area contributed by atoms with Crippen LogP contribution in [0.15, 0.2) is 42.9 Å². The Labute approximate surface area is 163 Å². The second-order valence-corrected chi connectivity index (χ2v) is 6.02. The van der Waals surface area contributed by atoms with E-state index in [1.807, 2.05) is 0 Å². The molecule has 0 aromatic carbocycles. The Balaban J connectivity index is 1.85. The van der Waals surface area contributed by atoms with Gasteiger partial charge in [-0.2, -0.15) is 9.37 Å². The van der Waals surface area contributed by atoms with E-state index in [4.69, 9.17) is 9.47 Å². The lowest BCUT2D eigenvalue weighted by Gasteiger charge is -2.09. The van der Waals surface area contributed by atoms with Crippen LogP contribution in [0.25, 0.3) is 22.2 Å². The Kier molecular flexibility index (Phi) is 4.63. The van der Waals surface area contributed by atoms with Gasteiger partial charge in [0, 0.05) is 46.7 Å². The molecule has 0 saturated heterocycles. The Hall–Kier alpha value is -3.88. The van der Waals surface area contributed by atoms with Crippen LogP contribution in [0.2, 0.25) is 0 Å². The maximum Gasteiger partial charge on any atom is 0.227 e. The first kappa shape index (κ1) is 18.5. The van der Waals surface area contributed by atoms with E-state index in [0.29, 0.717) is 33.9 Å². The monoisotopic (exact) mass is 396 g/mol. The third-order valence-electron chi connectivity index (χ3n) is 4.40. The van der Waals surface area contributed by atoms with Gasteiger partial charge in [-0.15, -0.1) is 0 Å². The smallest absolute Gasteiger partial charge is 0.227 e. The highest BCUT2D eigenvalue weighted by Crippen LogP contribution is 2.32. The summed E-state index contributed by atoms with van der Waals surface area (Å²) in [5.74, 6) is -2.31. The summed E-state index contributed by atoms with van der Waals surface area (Å²) < 4.78 is 38.4. The van der Waals surface area contributed by atoms with E-state index in [-0.39, 0.29) is 5.56 Å². The largest absolute Gasteiger partial charge is 0.481 e. The number of nitrogens with one attached hydrogen (secondary N) is 1. The quantitative estimate of drug-likeness (QED) is 0.410. The van der Waals surface area contributed by atoms with Crippen LogP contribution in [0.3, 0.4) is 0 Å². The Bertz CT molecular complexity index is 1220. The molecule has 0 aliphatic heterocycles. The van der Waals surface area contributed by atoms with Crippen molar-refractivity contribution < 1.29 is 23.0 Å². The normalized spacial score (nSPS) is 10.9. The molecule has 0 saturated carbocycles. The fraction of sp³-hybridized carbons (Fsp3) is 0.100. The molecular formula is C20H14F2N4O3. The number of aromatic nitrogens is 4. The lowest BCUT2D eigenvalue weighted by atomic mass is 10.0. The third kappa shape index (κ3) is 3.16. The van der Waals surface area contributed by atoms with Crippen LogP contribution in [0.4, 0.5) is 8.78 Å². The SMILES string of the molecule is COc1ccc(-c2cnc3[nH]cc(C(=O)c4c(F)ccnc4F)c3c2)c(OC)n1. The average Bonchev–Trinajstić information content (AvgIpc) is 3.16. The van der Waals surface area contributed by atoms with Gasteiger partial charge in [-0.3, -0.25) is 4.79 Å². The van der Waals surface area contributed by atoms with Gasteiger partial charge in [-0.05, 0) is 18.2 Å². The molecule has 0 bridgehead atoms. The van der Waals surface area contributed by atoms with E-state index in [1.165, 1.54) is 20.4 Å². The predicted octanol–water partition coefficient (Wildman–Crippen LogP) is 3.55. The van der Waals surface area contributed by atoms with Gasteiger partial charge >= 0.3 is 0 Å². The van der Waals surface area contributed by atoms with E-state index < -0.39 is 23.1 Å². The number of rotatable bonds is 5. The summed E-state index contributed by atoms with van der Waals surface area (Å²) in [7, 11) is 2.96. The molecule has 0 aliphatic carbocycles. The van der Waals surface area contributed by atoms with Gasteiger partial charge in [-0.25, -0.2) is 14.4 Å². The number of H-pyrrole nitrogens is 1. The van der Waals surface area contributed by atoms with Gasteiger partial charge < -0.3 is 14.5 Å². The first-order valence-corrected chi connectivity index (χ1v) is 8.44. The highest BCUT2D eigenvalue weighted by Gasteiger charge is 2.23. The molecule has 4 heterocycles. The van der Waals surface area contributed by atoms with E-state index in [0.717, 1.165) is 12.3 Å². The molecule has 7 nitrogen and oxygen atoms in total. The Morgan fingerprint density at radius 3 is 2.66 bits per heavy atom. The van der Waals surface area contributed by atoms with E-state index in [2.05, 4.69) is 19.9 Å². The van der Waals surface area contributed by atoms with Gasteiger partial charge in [0.25, 0.3) is 0 Å². The molecule has 4 aromatic heterocycles. The van der Waals surface area contributed by atoms with Crippen molar-refractivity contribution in [2.75, 3.05) is 14.2 Å². The van der Waals surface area contributed by atoms with Crippen molar-refractivity contribution >= 4 is 16.8 Å². The summed E-state index contributed by atoms with van der Waals surface area (Å²) in [5, 5.41) is 0.396. The second kappa shape index (κ2) is 7.27. The van der Waals surface area contributed by atoms with Gasteiger partial charge in [0.15, 0.2) is 0 Å². The number of aromatic amines is 1. The number of nitrogens with zero attached hydrogens (tertiary/aromatic N) is 3. The Morgan fingerprint density at radius 2 is 1.93 bits per heavy atom. The number of methoxy groups -OCH3 is 2. The first-order valence-electron chi connectivity index (χ1n) is 8.44. The summed E-state index contributed by atoms with van der Waals surface area (Å²) in [6.07, 6.45) is 3.89. The average molecular weight is 396 g/mol. The van der Waals surface area contributed by atoms with Crippen LogP contribution in [-0.4, -0.2) is 39.9 Å². The second-order valence-electron chi connectivity index (χ2n) is 6.02. The van der Waals surface area contributed by atoms with Crippen LogP contribution < -0.4 is 9.47 Å². The number of hydrogen-bond donors (Lipinski definition) is 1. The first-order chi connectivity index (χ1) is 14.0. The number of carbonyl (C=O) groups excluding carboxylic acids is 1. The summed E-state index contributed by atoms with van der Waals surface area (Å²) in [5.41, 5.74) is 0.955. The lowest BCUT2D eigenvalue weighted by molar-refractivity contribution is 0.103. The van der Waals surface area contributed by atoms with Crippen molar-refractivity contribution in [3.8, 4) is 22.9 Å². The zero-order valence-electron chi connectivity index (χ0n) is 15.4. The summed E-state index contributed by atoms with van der Waals surface area (Å²) >= 11 is 0. The molecule has 0 spiro atoms.